The van der Waals surface area contributed by atoms with Gasteiger partial charge in [-0.2, -0.15) is 0 Å². The molecule has 0 amide bonds. The molecule has 0 aliphatic rings. The third-order valence-corrected chi connectivity index (χ3v) is 5.96. The van der Waals surface area contributed by atoms with Crippen LogP contribution in [0.2, 0.25) is 10.0 Å². The van der Waals surface area contributed by atoms with Crippen molar-refractivity contribution in [3.8, 4) is 0 Å². The highest BCUT2D eigenvalue weighted by molar-refractivity contribution is 7.93. The predicted molar refractivity (Wildman–Crippen MR) is 66.6 cm³/mol. The Hall–Kier alpha value is -0.690. The van der Waals surface area contributed by atoms with Gasteiger partial charge in [0.2, 0.25) is 9.84 Å². The zero-order valence-electron chi connectivity index (χ0n) is 8.52. The number of aromatic nitrogens is 2. The molecule has 90 valence electrons. The van der Waals surface area contributed by atoms with E-state index in [4.69, 9.17) is 23.2 Å². The van der Waals surface area contributed by atoms with E-state index in [1.54, 1.807) is 6.92 Å². The smallest absolute Gasteiger partial charge is 0.218 e. The maximum absolute atomic E-state index is 12.2. The number of rotatable bonds is 2. The van der Waals surface area contributed by atoms with Gasteiger partial charge in [-0.15, -0.1) is 5.10 Å². The summed E-state index contributed by atoms with van der Waals surface area (Å²) >= 11 is 12.4. The van der Waals surface area contributed by atoms with Crippen molar-refractivity contribution in [1.82, 2.24) is 9.59 Å². The summed E-state index contributed by atoms with van der Waals surface area (Å²) < 4.78 is 28.1. The molecule has 4 nitrogen and oxygen atoms in total. The first-order chi connectivity index (χ1) is 7.93. The summed E-state index contributed by atoms with van der Waals surface area (Å²) in [5, 5.41) is 4.19. The largest absolute Gasteiger partial charge is 0.219 e. The van der Waals surface area contributed by atoms with Gasteiger partial charge < -0.3 is 0 Å². The molecule has 1 heterocycles. The Bertz CT molecular complexity index is 667. The van der Waals surface area contributed by atoms with Crippen LogP contribution < -0.4 is 0 Å². The number of halogens is 2. The molecular formula is C9H6Cl2N2O2S2. The second-order valence-electron chi connectivity index (χ2n) is 3.23. The maximum Gasteiger partial charge on any atom is 0.219 e. The van der Waals surface area contributed by atoms with Gasteiger partial charge in [0, 0.05) is 11.5 Å². The van der Waals surface area contributed by atoms with Crippen LogP contribution in [0.4, 0.5) is 0 Å². The van der Waals surface area contributed by atoms with Crippen molar-refractivity contribution in [3.63, 3.8) is 0 Å². The van der Waals surface area contributed by atoms with E-state index in [9.17, 15) is 8.42 Å². The van der Waals surface area contributed by atoms with Gasteiger partial charge in [0.15, 0.2) is 4.21 Å². The van der Waals surface area contributed by atoms with Crippen molar-refractivity contribution in [1.29, 1.82) is 0 Å². The summed E-state index contributed by atoms with van der Waals surface area (Å²) in [5.41, 5.74) is 0.376. The first-order valence-electron chi connectivity index (χ1n) is 4.42. The molecule has 0 aliphatic heterocycles. The summed E-state index contributed by atoms with van der Waals surface area (Å²) in [7, 11) is -3.62. The molecule has 0 aliphatic carbocycles. The van der Waals surface area contributed by atoms with Crippen LogP contribution >= 0.6 is 34.7 Å². The van der Waals surface area contributed by atoms with Gasteiger partial charge in [-0.1, -0.05) is 27.7 Å². The molecule has 0 fully saturated rings. The van der Waals surface area contributed by atoms with E-state index in [0.717, 1.165) is 11.5 Å². The van der Waals surface area contributed by atoms with Gasteiger partial charge in [-0.3, -0.25) is 0 Å². The molecule has 1 aromatic heterocycles. The Morgan fingerprint density at radius 3 is 2.47 bits per heavy atom. The van der Waals surface area contributed by atoms with Gasteiger partial charge in [0.25, 0.3) is 0 Å². The molecule has 2 aromatic rings. The van der Waals surface area contributed by atoms with Crippen molar-refractivity contribution in [2.24, 2.45) is 0 Å². The van der Waals surface area contributed by atoms with Gasteiger partial charge in [-0.25, -0.2) is 8.42 Å². The van der Waals surface area contributed by atoms with Crippen LogP contribution in [0.25, 0.3) is 0 Å². The molecule has 0 bridgehead atoms. The van der Waals surface area contributed by atoms with Crippen LogP contribution in [-0.2, 0) is 9.84 Å². The molecule has 0 radical (unpaired) electrons. The Morgan fingerprint density at radius 2 is 1.94 bits per heavy atom. The number of benzene rings is 1. The van der Waals surface area contributed by atoms with Gasteiger partial charge in [-0.05, 0) is 25.1 Å². The first kappa shape index (κ1) is 12.8. The minimum Gasteiger partial charge on any atom is -0.218 e. The lowest BCUT2D eigenvalue weighted by atomic mass is 10.4. The van der Waals surface area contributed by atoms with Crippen molar-refractivity contribution in [3.05, 3.63) is 33.9 Å². The molecule has 0 atom stereocenters. The van der Waals surface area contributed by atoms with E-state index in [0.29, 0.717) is 10.7 Å². The standard InChI is InChI=1S/C9H6Cl2N2O2S2/c1-5-9(16-13-12-5)17(14,15)6-2-3-7(10)8(11)4-6/h2-4H,1H3. The first-order valence-corrected chi connectivity index (χ1v) is 7.43. The lowest BCUT2D eigenvalue weighted by Gasteiger charge is -2.03. The predicted octanol–water partition coefficient (Wildman–Crippen LogP) is 2.99. The quantitative estimate of drug-likeness (QED) is 0.855. The summed E-state index contributed by atoms with van der Waals surface area (Å²) in [6.07, 6.45) is 0. The molecule has 0 N–H and O–H groups in total. The van der Waals surface area contributed by atoms with E-state index in [2.05, 4.69) is 9.59 Å². The minimum atomic E-state index is -3.62. The number of sulfone groups is 1. The van der Waals surface area contributed by atoms with Gasteiger partial charge >= 0.3 is 0 Å². The van der Waals surface area contributed by atoms with Crippen LogP contribution in [0, 0.1) is 6.92 Å². The Balaban J connectivity index is 2.60. The van der Waals surface area contributed by atoms with E-state index in [1.165, 1.54) is 18.2 Å². The fourth-order valence-electron chi connectivity index (χ4n) is 1.22. The maximum atomic E-state index is 12.2. The topological polar surface area (TPSA) is 59.9 Å². The highest BCUT2D eigenvalue weighted by atomic mass is 35.5. The monoisotopic (exact) mass is 308 g/mol. The van der Waals surface area contributed by atoms with E-state index < -0.39 is 9.84 Å². The summed E-state index contributed by atoms with van der Waals surface area (Å²) in [4.78, 5) is 0.0843. The molecule has 0 saturated carbocycles. The fourth-order valence-corrected chi connectivity index (χ4v) is 3.94. The van der Waals surface area contributed by atoms with Crippen LogP contribution in [0.5, 0.6) is 0 Å². The Labute approximate surface area is 112 Å². The zero-order valence-corrected chi connectivity index (χ0v) is 11.7. The highest BCUT2D eigenvalue weighted by Crippen LogP contribution is 2.30. The zero-order chi connectivity index (χ0) is 12.6. The normalized spacial score (nSPS) is 11.7. The third kappa shape index (κ3) is 2.30. The van der Waals surface area contributed by atoms with Crippen LogP contribution in [0.15, 0.2) is 27.3 Å². The Kier molecular flexibility index (Phi) is 3.40. The second kappa shape index (κ2) is 4.53. The number of hydrogen-bond donors (Lipinski definition) is 0. The van der Waals surface area contributed by atoms with Crippen molar-refractivity contribution < 1.29 is 8.42 Å². The van der Waals surface area contributed by atoms with Gasteiger partial charge in [0.05, 0.1) is 20.6 Å². The minimum absolute atomic E-state index is 0.0843. The van der Waals surface area contributed by atoms with Crippen LogP contribution in [-0.4, -0.2) is 18.0 Å². The lowest BCUT2D eigenvalue weighted by Crippen LogP contribution is -2.01. The van der Waals surface area contributed by atoms with Gasteiger partial charge in [0.1, 0.15) is 0 Å². The number of nitrogens with zero attached hydrogens (tertiary/aromatic N) is 2. The summed E-state index contributed by atoms with van der Waals surface area (Å²) in [6, 6.07) is 4.17. The van der Waals surface area contributed by atoms with Crippen molar-refractivity contribution >= 4 is 44.6 Å². The fraction of sp³-hybridized carbons (Fsp3) is 0.111. The molecular weight excluding hydrogens is 303 g/mol. The molecule has 2 rings (SSSR count). The SMILES string of the molecule is Cc1nnsc1S(=O)(=O)c1ccc(Cl)c(Cl)c1. The molecule has 0 unspecified atom stereocenters. The van der Waals surface area contributed by atoms with Crippen molar-refractivity contribution in [2.75, 3.05) is 0 Å². The average Bonchev–Trinajstić information content (AvgIpc) is 2.69. The van der Waals surface area contributed by atoms with Crippen LogP contribution in [0.1, 0.15) is 5.69 Å². The average molecular weight is 309 g/mol. The van der Waals surface area contributed by atoms with E-state index in [-0.39, 0.29) is 14.1 Å². The summed E-state index contributed by atoms with van der Waals surface area (Å²) in [6.45, 7) is 1.59. The van der Waals surface area contributed by atoms with E-state index >= 15 is 0 Å². The molecule has 0 spiro atoms. The molecule has 0 saturated heterocycles. The van der Waals surface area contributed by atoms with Crippen LogP contribution in [0.3, 0.4) is 0 Å². The number of hydrogen-bond acceptors (Lipinski definition) is 5. The molecule has 8 heteroatoms. The van der Waals surface area contributed by atoms with Crippen molar-refractivity contribution in [2.45, 2.75) is 16.0 Å². The number of aryl methyl sites for hydroxylation is 1. The summed E-state index contributed by atoms with van der Waals surface area (Å²) in [5.74, 6) is 0. The third-order valence-electron chi connectivity index (χ3n) is 2.06. The molecule has 1 aromatic carbocycles. The van der Waals surface area contributed by atoms with E-state index in [1.807, 2.05) is 0 Å². The lowest BCUT2D eigenvalue weighted by molar-refractivity contribution is 0.597. The molecule has 17 heavy (non-hydrogen) atoms. The Morgan fingerprint density at radius 1 is 1.24 bits per heavy atom. The highest BCUT2D eigenvalue weighted by Gasteiger charge is 2.23. The second-order valence-corrected chi connectivity index (χ2v) is 6.94.